The van der Waals surface area contributed by atoms with Crippen molar-refractivity contribution >= 4 is 16.0 Å². The molecule has 0 bridgehead atoms. The molecule has 2 rings (SSSR count). The smallest absolute Gasteiger partial charge is 0.285 e. The van der Waals surface area contributed by atoms with Gasteiger partial charge in [0, 0.05) is 13.1 Å². The third-order valence-corrected chi connectivity index (χ3v) is 4.23. The van der Waals surface area contributed by atoms with Gasteiger partial charge in [0.05, 0.1) is 4.90 Å². The van der Waals surface area contributed by atoms with Crippen LogP contribution in [0.2, 0.25) is 0 Å². The van der Waals surface area contributed by atoms with Crippen LogP contribution in [0.4, 0.5) is 0 Å². The molecule has 1 aromatic rings. The van der Waals surface area contributed by atoms with Crippen molar-refractivity contribution in [3.05, 3.63) is 30.3 Å². The van der Waals surface area contributed by atoms with E-state index in [1.807, 2.05) is 4.90 Å². The summed E-state index contributed by atoms with van der Waals surface area (Å²) in [5.41, 5.74) is 5.77. The van der Waals surface area contributed by atoms with Gasteiger partial charge in [0.15, 0.2) is 0 Å². The Morgan fingerprint density at radius 2 is 1.72 bits per heavy atom. The monoisotopic (exact) mass is 267 g/mol. The predicted octanol–water partition coefficient (Wildman–Crippen LogP) is 1.18. The summed E-state index contributed by atoms with van der Waals surface area (Å²) in [4.78, 5) is 1.99. The van der Waals surface area contributed by atoms with Gasteiger partial charge in [-0.1, -0.05) is 18.2 Å². The van der Waals surface area contributed by atoms with Gasteiger partial charge in [0.2, 0.25) is 5.96 Å². The quantitative estimate of drug-likeness (QED) is 0.645. The first-order chi connectivity index (χ1) is 8.59. The number of piperidine rings is 1. The lowest BCUT2D eigenvalue weighted by Crippen LogP contribution is -2.41. The minimum atomic E-state index is -3.69. The Kier molecular flexibility index (Phi) is 3.86. The SMILES string of the molecule is N/C(=N\S(=O)(=O)c1ccccc1)N1CCCCC1. The van der Waals surface area contributed by atoms with Crippen molar-refractivity contribution in [1.82, 2.24) is 4.90 Å². The summed E-state index contributed by atoms with van der Waals surface area (Å²) in [6, 6.07) is 8.13. The zero-order valence-electron chi connectivity index (χ0n) is 10.1. The van der Waals surface area contributed by atoms with Crippen LogP contribution in [0.15, 0.2) is 39.6 Å². The van der Waals surface area contributed by atoms with Crippen LogP contribution in [-0.4, -0.2) is 32.4 Å². The first-order valence-corrected chi connectivity index (χ1v) is 7.44. The van der Waals surface area contributed by atoms with Gasteiger partial charge in [-0.3, -0.25) is 0 Å². The number of rotatable bonds is 2. The van der Waals surface area contributed by atoms with Crippen LogP contribution in [0.25, 0.3) is 0 Å². The van der Waals surface area contributed by atoms with Gasteiger partial charge in [0.1, 0.15) is 0 Å². The topological polar surface area (TPSA) is 75.8 Å². The molecule has 98 valence electrons. The first-order valence-electron chi connectivity index (χ1n) is 6.00. The van der Waals surface area contributed by atoms with Gasteiger partial charge >= 0.3 is 0 Å². The van der Waals surface area contributed by atoms with Crippen LogP contribution in [0.1, 0.15) is 19.3 Å². The van der Waals surface area contributed by atoms with E-state index in [0.717, 1.165) is 32.4 Å². The Labute approximate surface area is 107 Å². The number of guanidine groups is 1. The number of hydrogen-bond acceptors (Lipinski definition) is 2. The highest BCUT2D eigenvalue weighted by Crippen LogP contribution is 2.13. The number of hydrogen-bond donors (Lipinski definition) is 1. The molecule has 1 fully saturated rings. The van der Waals surface area contributed by atoms with Gasteiger partial charge < -0.3 is 10.6 Å². The van der Waals surface area contributed by atoms with E-state index >= 15 is 0 Å². The molecule has 1 saturated heterocycles. The van der Waals surface area contributed by atoms with Crippen molar-refractivity contribution in [3.8, 4) is 0 Å². The summed E-state index contributed by atoms with van der Waals surface area (Å²) in [5, 5.41) is 0. The molecule has 0 saturated carbocycles. The van der Waals surface area contributed by atoms with Crippen LogP contribution in [-0.2, 0) is 10.0 Å². The second-order valence-electron chi connectivity index (χ2n) is 4.29. The fourth-order valence-corrected chi connectivity index (χ4v) is 2.92. The van der Waals surface area contributed by atoms with E-state index in [4.69, 9.17) is 5.73 Å². The summed E-state index contributed by atoms with van der Waals surface area (Å²) in [7, 11) is -3.69. The minimum Gasteiger partial charge on any atom is -0.369 e. The van der Waals surface area contributed by atoms with Crippen molar-refractivity contribution in [2.24, 2.45) is 10.1 Å². The molecular weight excluding hydrogens is 250 g/mol. The van der Waals surface area contributed by atoms with E-state index in [2.05, 4.69) is 4.40 Å². The van der Waals surface area contributed by atoms with Crippen LogP contribution < -0.4 is 5.73 Å². The molecule has 1 aromatic carbocycles. The average Bonchev–Trinajstić information content (AvgIpc) is 2.40. The fraction of sp³-hybridized carbons (Fsp3) is 0.417. The van der Waals surface area contributed by atoms with E-state index in [9.17, 15) is 8.42 Å². The number of benzene rings is 1. The van der Waals surface area contributed by atoms with Crippen molar-refractivity contribution < 1.29 is 8.42 Å². The molecule has 1 aliphatic heterocycles. The lowest BCUT2D eigenvalue weighted by Gasteiger charge is -2.27. The van der Waals surface area contributed by atoms with Gasteiger partial charge in [-0.15, -0.1) is 4.40 Å². The number of nitrogens with zero attached hydrogens (tertiary/aromatic N) is 2. The molecule has 0 radical (unpaired) electrons. The maximum atomic E-state index is 12.0. The molecule has 2 N–H and O–H groups in total. The molecule has 18 heavy (non-hydrogen) atoms. The van der Waals surface area contributed by atoms with Crippen molar-refractivity contribution in [3.63, 3.8) is 0 Å². The van der Waals surface area contributed by atoms with Crippen molar-refractivity contribution in [2.45, 2.75) is 24.2 Å². The Bertz CT molecular complexity index is 520. The fourth-order valence-electron chi connectivity index (χ4n) is 1.95. The molecule has 0 spiro atoms. The third-order valence-electron chi connectivity index (χ3n) is 2.93. The Morgan fingerprint density at radius 1 is 1.11 bits per heavy atom. The highest BCUT2D eigenvalue weighted by Gasteiger charge is 2.17. The largest absolute Gasteiger partial charge is 0.369 e. The Hall–Kier alpha value is -1.56. The summed E-state index contributed by atoms with van der Waals surface area (Å²) >= 11 is 0. The van der Waals surface area contributed by atoms with E-state index in [0.29, 0.717) is 0 Å². The van der Waals surface area contributed by atoms with E-state index < -0.39 is 10.0 Å². The average molecular weight is 267 g/mol. The number of sulfonamides is 1. The molecule has 0 atom stereocenters. The highest BCUT2D eigenvalue weighted by molar-refractivity contribution is 7.90. The Balaban J connectivity index is 2.21. The highest BCUT2D eigenvalue weighted by atomic mass is 32.2. The second kappa shape index (κ2) is 5.39. The van der Waals surface area contributed by atoms with E-state index in [-0.39, 0.29) is 10.9 Å². The molecular formula is C12H17N3O2S. The van der Waals surface area contributed by atoms with Gasteiger partial charge in [0.25, 0.3) is 10.0 Å². The van der Waals surface area contributed by atoms with Crippen LogP contribution >= 0.6 is 0 Å². The molecule has 0 amide bonds. The van der Waals surface area contributed by atoms with Crippen LogP contribution in [0.5, 0.6) is 0 Å². The normalized spacial score (nSPS) is 17.8. The lowest BCUT2D eigenvalue weighted by molar-refractivity contribution is 0.339. The third kappa shape index (κ3) is 3.01. The summed E-state index contributed by atoms with van der Waals surface area (Å²) in [6.45, 7) is 1.55. The van der Waals surface area contributed by atoms with E-state index in [1.165, 1.54) is 12.1 Å². The maximum Gasteiger partial charge on any atom is 0.285 e. The molecule has 6 heteroatoms. The lowest BCUT2D eigenvalue weighted by atomic mass is 10.1. The molecule has 1 heterocycles. The zero-order valence-corrected chi connectivity index (χ0v) is 10.9. The first kappa shape index (κ1) is 12.9. The van der Waals surface area contributed by atoms with Gasteiger partial charge in [-0.2, -0.15) is 8.42 Å². The number of nitrogens with two attached hydrogens (primary N) is 1. The van der Waals surface area contributed by atoms with E-state index in [1.54, 1.807) is 18.2 Å². The standard InChI is InChI=1S/C12H17N3O2S/c13-12(15-9-5-2-6-10-15)14-18(16,17)11-7-3-1-4-8-11/h1,3-4,7-8H,2,5-6,9-10H2,(H2,13,14). The van der Waals surface area contributed by atoms with Crippen LogP contribution in [0.3, 0.4) is 0 Å². The zero-order chi connectivity index (χ0) is 13.0. The minimum absolute atomic E-state index is 0.0959. The Morgan fingerprint density at radius 3 is 2.33 bits per heavy atom. The summed E-state index contributed by atoms with van der Waals surface area (Å²) < 4.78 is 27.7. The molecule has 0 unspecified atom stereocenters. The van der Waals surface area contributed by atoms with Crippen molar-refractivity contribution in [2.75, 3.05) is 13.1 Å². The predicted molar refractivity (Wildman–Crippen MR) is 70.7 cm³/mol. The second-order valence-corrected chi connectivity index (χ2v) is 5.89. The summed E-state index contributed by atoms with van der Waals surface area (Å²) in [6.07, 6.45) is 3.22. The van der Waals surface area contributed by atoms with Crippen LogP contribution in [0, 0.1) is 0 Å². The summed E-state index contributed by atoms with van der Waals surface area (Å²) in [5.74, 6) is 0.0959. The maximum absolute atomic E-state index is 12.0. The molecule has 1 aliphatic rings. The molecule has 0 aliphatic carbocycles. The molecule has 5 nitrogen and oxygen atoms in total. The number of likely N-dealkylation sites (tertiary alicyclic amines) is 1. The molecule has 0 aromatic heterocycles. The van der Waals surface area contributed by atoms with Gasteiger partial charge in [-0.05, 0) is 31.4 Å². The van der Waals surface area contributed by atoms with Crippen molar-refractivity contribution in [1.29, 1.82) is 0 Å². The van der Waals surface area contributed by atoms with Gasteiger partial charge in [-0.25, -0.2) is 0 Å².